The molecule has 2 heterocycles. The minimum atomic E-state index is -0.199. The van der Waals surface area contributed by atoms with E-state index in [1.54, 1.807) is 6.07 Å². The third kappa shape index (κ3) is 3.64. The summed E-state index contributed by atoms with van der Waals surface area (Å²) in [5, 5.41) is 0. The molecule has 0 spiro atoms. The molecule has 1 unspecified atom stereocenters. The second-order valence-electron chi connectivity index (χ2n) is 7.00. The Morgan fingerprint density at radius 2 is 1.82 bits per heavy atom. The van der Waals surface area contributed by atoms with Crippen LogP contribution >= 0.6 is 28.1 Å². The predicted molar refractivity (Wildman–Crippen MR) is 118 cm³/mol. The van der Waals surface area contributed by atoms with Gasteiger partial charge in [-0.3, -0.25) is 4.90 Å². The molecule has 1 fully saturated rings. The van der Waals surface area contributed by atoms with Crippen LogP contribution in [0.4, 0.5) is 4.39 Å². The van der Waals surface area contributed by atoms with Crippen LogP contribution in [0.25, 0.3) is 5.69 Å². The van der Waals surface area contributed by atoms with E-state index in [0.29, 0.717) is 10.6 Å². The largest absolute Gasteiger partial charge is 0.389 e. The maximum atomic E-state index is 14.9. The lowest BCUT2D eigenvalue weighted by atomic mass is 10.0. The van der Waals surface area contributed by atoms with Crippen molar-refractivity contribution < 1.29 is 4.39 Å². The van der Waals surface area contributed by atoms with Gasteiger partial charge >= 0.3 is 0 Å². The second-order valence-corrected chi connectivity index (χ2v) is 8.35. The topological polar surface area (TPSA) is 34.2 Å². The lowest BCUT2D eigenvalue weighted by Crippen LogP contribution is -2.29. The van der Waals surface area contributed by atoms with Crippen LogP contribution in [0.1, 0.15) is 35.7 Å². The summed E-state index contributed by atoms with van der Waals surface area (Å²) in [6, 6.07) is 16.8. The van der Waals surface area contributed by atoms with Gasteiger partial charge in [-0.2, -0.15) is 0 Å². The molecule has 6 heteroatoms. The van der Waals surface area contributed by atoms with Crippen molar-refractivity contribution >= 4 is 33.1 Å². The monoisotopic (exact) mass is 457 g/mol. The van der Waals surface area contributed by atoms with E-state index in [4.69, 9.17) is 18.0 Å². The highest BCUT2D eigenvalue weighted by molar-refractivity contribution is 9.10. The van der Waals surface area contributed by atoms with Crippen LogP contribution in [-0.4, -0.2) is 27.5 Å². The number of halogens is 2. The highest BCUT2D eigenvalue weighted by Crippen LogP contribution is 2.36. The van der Waals surface area contributed by atoms with Gasteiger partial charge < -0.3 is 10.3 Å². The van der Waals surface area contributed by atoms with Crippen LogP contribution < -0.4 is 5.73 Å². The fourth-order valence-electron chi connectivity index (χ4n) is 4.00. The van der Waals surface area contributed by atoms with Gasteiger partial charge in [0, 0.05) is 27.5 Å². The van der Waals surface area contributed by atoms with E-state index in [-0.39, 0.29) is 11.9 Å². The van der Waals surface area contributed by atoms with Gasteiger partial charge in [-0.25, -0.2) is 4.39 Å². The smallest absolute Gasteiger partial charge is 0.128 e. The number of para-hydroxylation sites is 1. The normalized spacial score (nSPS) is 15.6. The Bertz CT molecular complexity index is 1010. The number of likely N-dealkylation sites (tertiary alicyclic amines) is 1. The molecule has 3 aromatic rings. The second kappa shape index (κ2) is 8.15. The highest BCUT2D eigenvalue weighted by Gasteiger charge is 2.30. The number of rotatable bonds is 5. The van der Waals surface area contributed by atoms with Crippen molar-refractivity contribution in [3.05, 3.63) is 87.9 Å². The molecule has 0 aliphatic carbocycles. The zero-order valence-corrected chi connectivity index (χ0v) is 17.7. The van der Waals surface area contributed by atoms with Crippen molar-refractivity contribution in [1.29, 1.82) is 0 Å². The Morgan fingerprint density at radius 3 is 2.57 bits per heavy atom. The Hall–Kier alpha value is -2.02. The van der Waals surface area contributed by atoms with Gasteiger partial charge in [0.2, 0.25) is 0 Å². The summed E-state index contributed by atoms with van der Waals surface area (Å²) in [7, 11) is 0. The third-order valence-corrected chi connectivity index (χ3v) is 5.96. The zero-order valence-electron chi connectivity index (χ0n) is 15.3. The average molecular weight is 458 g/mol. The Morgan fingerprint density at radius 1 is 1.07 bits per heavy atom. The molecule has 2 aromatic carbocycles. The number of nitrogens with two attached hydrogens (primary N) is 1. The SMILES string of the molecule is NC(=S)c1ccccc1-n1cccc1C(c1cc(Br)ccc1F)N1CCCC1. The first-order chi connectivity index (χ1) is 13.6. The zero-order chi connectivity index (χ0) is 19.7. The van der Waals surface area contributed by atoms with Crippen LogP contribution in [0.15, 0.2) is 65.3 Å². The van der Waals surface area contributed by atoms with Crippen molar-refractivity contribution in [2.75, 3.05) is 13.1 Å². The Balaban J connectivity index is 1.89. The van der Waals surface area contributed by atoms with E-state index in [9.17, 15) is 4.39 Å². The predicted octanol–water partition coefficient (Wildman–Crippen LogP) is 5.20. The fraction of sp³-hybridized carbons (Fsp3) is 0.227. The van der Waals surface area contributed by atoms with Crippen molar-refractivity contribution in [1.82, 2.24) is 9.47 Å². The number of hydrogen-bond acceptors (Lipinski definition) is 2. The highest BCUT2D eigenvalue weighted by atomic mass is 79.9. The molecule has 0 bridgehead atoms. The third-order valence-electron chi connectivity index (χ3n) is 5.25. The van der Waals surface area contributed by atoms with Gasteiger partial charge in [-0.1, -0.05) is 40.3 Å². The summed E-state index contributed by atoms with van der Waals surface area (Å²) >= 11 is 8.76. The first-order valence-electron chi connectivity index (χ1n) is 9.31. The summed E-state index contributed by atoms with van der Waals surface area (Å²) < 4.78 is 17.9. The maximum absolute atomic E-state index is 14.9. The molecular weight excluding hydrogens is 437 g/mol. The lowest BCUT2D eigenvalue weighted by molar-refractivity contribution is 0.269. The van der Waals surface area contributed by atoms with Crippen molar-refractivity contribution in [2.45, 2.75) is 18.9 Å². The molecule has 1 aliphatic heterocycles. The summed E-state index contributed by atoms with van der Waals surface area (Å²) in [5.41, 5.74) is 9.36. The van der Waals surface area contributed by atoms with Gasteiger partial charge in [-0.05, 0) is 68.4 Å². The van der Waals surface area contributed by atoms with Crippen molar-refractivity contribution in [3.63, 3.8) is 0 Å². The van der Waals surface area contributed by atoms with E-state index >= 15 is 0 Å². The van der Waals surface area contributed by atoms with Gasteiger partial charge in [0.15, 0.2) is 0 Å². The van der Waals surface area contributed by atoms with Gasteiger partial charge in [0.1, 0.15) is 10.8 Å². The molecule has 4 rings (SSSR count). The number of thiocarbonyl (C=S) groups is 1. The molecule has 1 aliphatic rings. The minimum absolute atomic E-state index is 0.186. The Kier molecular flexibility index (Phi) is 5.62. The molecule has 28 heavy (non-hydrogen) atoms. The molecule has 1 aromatic heterocycles. The molecule has 0 saturated carbocycles. The summed E-state index contributed by atoms with van der Waals surface area (Å²) in [4.78, 5) is 2.70. The molecular formula is C22H21BrFN3S. The summed E-state index contributed by atoms with van der Waals surface area (Å²) in [5.74, 6) is -0.199. The van der Waals surface area contributed by atoms with Crippen molar-refractivity contribution in [3.8, 4) is 5.69 Å². The molecule has 3 nitrogen and oxygen atoms in total. The van der Waals surface area contributed by atoms with E-state index in [1.807, 2.05) is 42.6 Å². The van der Waals surface area contributed by atoms with E-state index < -0.39 is 0 Å². The number of hydrogen-bond donors (Lipinski definition) is 1. The first-order valence-corrected chi connectivity index (χ1v) is 10.5. The molecule has 2 N–H and O–H groups in total. The summed E-state index contributed by atoms with van der Waals surface area (Å²) in [6.45, 7) is 1.89. The van der Waals surface area contributed by atoms with Gasteiger partial charge in [-0.15, -0.1) is 0 Å². The fourth-order valence-corrected chi connectivity index (χ4v) is 4.55. The van der Waals surface area contributed by atoms with Crippen molar-refractivity contribution in [2.24, 2.45) is 5.73 Å². The lowest BCUT2D eigenvalue weighted by Gasteiger charge is -2.30. The number of benzene rings is 2. The molecule has 1 atom stereocenters. The first kappa shape index (κ1) is 19.3. The molecule has 0 radical (unpaired) electrons. The van der Waals surface area contributed by atoms with E-state index in [0.717, 1.165) is 47.3 Å². The number of nitrogens with zero attached hydrogens (tertiary/aromatic N) is 2. The molecule has 0 amide bonds. The maximum Gasteiger partial charge on any atom is 0.128 e. The summed E-state index contributed by atoms with van der Waals surface area (Å²) in [6.07, 6.45) is 4.23. The molecule has 144 valence electrons. The number of aromatic nitrogens is 1. The van der Waals surface area contributed by atoms with Crippen LogP contribution in [0.3, 0.4) is 0 Å². The van der Waals surface area contributed by atoms with Crippen LogP contribution in [-0.2, 0) is 0 Å². The standard InChI is InChI=1S/C22H21BrFN3S/c23-15-9-10-18(24)17(14-15)21(26-11-3-4-12-26)20-8-5-13-27(20)19-7-2-1-6-16(19)22(25)28/h1-2,5-10,13-14,21H,3-4,11-12H2,(H2,25,28). The molecule has 1 saturated heterocycles. The average Bonchev–Trinajstić information content (AvgIpc) is 3.37. The van der Waals surface area contributed by atoms with Crippen LogP contribution in [0.2, 0.25) is 0 Å². The minimum Gasteiger partial charge on any atom is -0.389 e. The van der Waals surface area contributed by atoms with E-state index in [1.165, 1.54) is 6.07 Å². The van der Waals surface area contributed by atoms with E-state index in [2.05, 4.69) is 31.5 Å². The van der Waals surface area contributed by atoms with Gasteiger partial charge in [0.05, 0.1) is 11.7 Å². The quantitative estimate of drug-likeness (QED) is 0.534. The van der Waals surface area contributed by atoms with Crippen LogP contribution in [0, 0.1) is 5.82 Å². The van der Waals surface area contributed by atoms with Crippen LogP contribution in [0.5, 0.6) is 0 Å². The Labute approximate surface area is 178 Å². The van der Waals surface area contributed by atoms with Gasteiger partial charge in [0.25, 0.3) is 0 Å².